The number of nitrogens with zero attached hydrogens (tertiary/aromatic N) is 5. The summed E-state index contributed by atoms with van der Waals surface area (Å²) in [6, 6.07) is 2.31. The van der Waals surface area contributed by atoms with E-state index in [4.69, 9.17) is 14.7 Å². The van der Waals surface area contributed by atoms with Gasteiger partial charge in [0.15, 0.2) is 11.1 Å². The predicted octanol–water partition coefficient (Wildman–Crippen LogP) is -0.324. The van der Waals surface area contributed by atoms with Crippen molar-refractivity contribution in [3.63, 3.8) is 0 Å². The van der Waals surface area contributed by atoms with Crippen LogP contribution in [0.3, 0.4) is 0 Å². The number of nitrogens with one attached hydrogen (secondary N) is 2. The number of anilines is 1. The fourth-order valence-electron chi connectivity index (χ4n) is 3.71. The Labute approximate surface area is 165 Å². The van der Waals surface area contributed by atoms with Gasteiger partial charge < -0.3 is 19.7 Å². The number of morpholine rings is 1. The molecule has 152 valence electrons. The van der Waals surface area contributed by atoms with Gasteiger partial charge in [-0.1, -0.05) is 0 Å². The zero-order valence-corrected chi connectivity index (χ0v) is 16.3. The van der Waals surface area contributed by atoms with Gasteiger partial charge in [0.2, 0.25) is 5.88 Å². The molecule has 3 aromatic heterocycles. The van der Waals surface area contributed by atoms with Gasteiger partial charge in [-0.2, -0.15) is 9.61 Å². The first-order chi connectivity index (χ1) is 14.0. The van der Waals surface area contributed by atoms with E-state index < -0.39 is 5.69 Å². The van der Waals surface area contributed by atoms with Crippen molar-refractivity contribution in [2.75, 3.05) is 18.0 Å². The van der Waals surface area contributed by atoms with Gasteiger partial charge >= 0.3 is 5.69 Å². The van der Waals surface area contributed by atoms with E-state index in [1.165, 1.54) is 0 Å². The second-order valence-electron chi connectivity index (χ2n) is 7.82. The molecule has 0 unspecified atom stereocenters. The van der Waals surface area contributed by atoms with Crippen LogP contribution in [-0.2, 0) is 4.74 Å². The van der Waals surface area contributed by atoms with Crippen molar-refractivity contribution in [2.45, 2.75) is 44.9 Å². The van der Waals surface area contributed by atoms with E-state index in [-0.39, 0.29) is 23.8 Å². The number of rotatable bonds is 3. The number of H-pyrrole nitrogens is 2. The molecular weight excluding hydrogens is 374 g/mol. The maximum atomic E-state index is 11.4. The van der Waals surface area contributed by atoms with Gasteiger partial charge in [0, 0.05) is 24.4 Å². The highest BCUT2D eigenvalue weighted by Gasteiger charge is 2.25. The summed E-state index contributed by atoms with van der Waals surface area (Å²) in [7, 11) is 0. The van der Waals surface area contributed by atoms with Crippen LogP contribution in [0.25, 0.3) is 11.7 Å². The second-order valence-corrected chi connectivity index (χ2v) is 7.82. The number of aromatic amines is 2. The van der Waals surface area contributed by atoms with E-state index in [0.29, 0.717) is 16.9 Å². The Morgan fingerprint density at radius 2 is 2.03 bits per heavy atom. The van der Waals surface area contributed by atoms with Gasteiger partial charge in [0.25, 0.3) is 0 Å². The van der Waals surface area contributed by atoms with Crippen LogP contribution in [0.1, 0.15) is 32.4 Å². The van der Waals surface area contributed by atoms with E-state index in [0.717, 1.165) is 37.2 Å². The fourth-order valence-corrected chi connectivity index (χ4v) is 3.71. The summed E-state index contributed by atoms with van der Waals surface area (Å²) in [4.78, 5) is 28.2. The van der Waals surface area contributed by atoms with Crippen LogP contribution in [0, 0.1) is 0 Å². The quantitative estimate of drug-likeness (QED) is 0.556. The molecule has 1 aliphatic heterocycles. The molecule has 2 atom stereocenters. The van der Waals surface area contributed by atoms with Gasteiger partial charge in [-0.3, -0.25) is 9.98 Å². The van der Waals surface area contributed by atoms with Crippen LogP contribution in [0.5, 0.6) is 5.88 Å². The third-order valence-corrected chi connectivity index (χ3v) is 5.11. The number of aromatic hydroxyl groups is 1. The zero-order valence-electron chi connectivity index (χ0n) is 16.3. The lowest BCUT2D eigenvalue weighted by Gasteiger charge is -2.36. The summed E-state index contributed by atoms with van der Waals surface area (Å²) >= 11 is 0. The number of fused-ring (bicyclic) bond motifs is 1. The van der Waals surface area contributed by atoms with Gasteiger partial charge in [0.05, 0.1) is 24.4 Å². The molecular formula is C19H23N7O3. The first-order valence-electron chi connectivity index (χ1n) is 9.82. The predicted molar refractivity (Wildman–Crippen MR) is 106 cm³/mol. The maximum Gasteiger partial charge on any atom is 0.326 e. The number of hydrogen-bond acceptors (Lipinski definition) is 7. The summed E-state index contributed by atoms with van der Waals surface area (Å²) in [5.41, 5.74) is 1.19. The average molecular weight is 397 g/mol. The minimum atomic E-state index is -0.473. The fraction of sp³-hybridized carbons (Fsp3) is 0.474. The van der Waals surface area contributed by atoms with Crippen molar-refractivity contribution >= 4 is 17.5 Å². The second kappa shape index (κ2) is 6.73. The summed E-state index contributed by atoms with van der Waals surface area (Å²) in [5.74, 6) is 0.602. The number of ether oxygens (including phenoxy) is 1. The van der Waals surface area contributed by atoms with Crippen LogP contribution in [0.15, 0.2) is 22.1 Å². The Balaban J connectivity index is 1.69. The Kier molecular flexibility index (Phi) is 4.16. The topological polar surface area (TPSA) is 124 Å². The van der Waals surface area contributed by atoms with Crippen LogP contribution >= 0.6 is 0 Å². The van der Waals surface area contributed by atoms with Crippen molar-refractivity contribution in [3.05, 3.63) is 39.1 Å². The lowest BCUT2D eigenvalue weighted by atomic mass is 10.2. The molecule has 1 saturated heterocycles. The Hall–Kier alpha value is -3.14. The molecule has 4 heterocycles. The molecule has 0 aromatic carbocycles. The van der Waals surface area contributed by atoms with Crippen molar-refractivity contribution in [1.82, 2.24) is 24.6 Å². The minimum Gasteiger partial charge on any atom is -0.493 e. The molecule has 3 aromatic rings. The molecule has 1 aliphatic carbocycles. The molecule has 0 radical (unpaired) electrons. The van der Waals surface area contributed by atoms with Gasteiger partial charge in [0.1, 0.15) is 11.5 Å². The number of imidazole rings is 1. The summed E-state index contributed by atoms with van der Waals surface area (Å²) in [6.07, 6.45) is 5.70. The van der Waals surface area contributed by atoms with Crippen molar-refractivity contribution < 1.29 is 9.84 Å². The first-order valence-corrected chi connectivity index (χ1v) is 9.82. The summed E-state index contributed by atoms with van der Waals surface area (Å²) < 4.78 is 7.56. The van der Waals surface area contributed by atoms with Crippen LogP contribution in [-0.4, -0.2) is 61.0 Å². The molecule has 1 saturated carbocycles. The molecule has 29 heavy (non-hydrogen) atoms. The van der Waals surface area contributed by atoms with E-state index in [9.17, 15) is 9.90 Å². The largest absolute Gasteiger partial charge is 0.493 e. The van der Waals surface area contributed by atoms with E-state index in [2.05, 4.69) is 33.8 Å². The van der Waals surface area contributed by atoms with E-state index >= 15 is 0 Å². The molecule has 10 nitrogen and oxygen atoms in total. The average Bonchev–Trinajstić information content (AvgIpc) is 3.29. The van der Waals surface area contributed by atoms with E-state index in [1.807, 2.05) is 6.07 Å². The zero-order chi connectivity index (χ0) is 20.1. The Morgan fingerprint density at radius 3 is 2.69 bits per heavy atom. The SMILES string of the molecule is C[C@@H]1CN(c2cc(=NC3CC3)n3ncc(=Cc4[nH]c(=O)[nH]c4O)c3n2)C[C@H](C)O1. The van der Waals surface area contributed by atoms with E-state index in [1.54, 1.807) is 16.8 Å². The highest BCUT2D eigenvalue weighted by molar-refractivity contribution is 5.58. The van der Waals surface area contributed by atoms with Crippen molar-refractivity contribution in [3.8, 4) is 5.88 Å². The number of aromatic nitrogens is 5. The van der Waals surface area contributed by atoms with Crippen LogP contribution in [0.4, 0.5) is 5.82 Å². The highest BCUT2D eigenvalue weighted by atomic mass is 16.5. The van der Waals surface area contributed by atoms with Crippen LogP contribution in [0.2, 0.25) is 0 Å². The molecule has 5 rings (SSSR count). The minimum absolute atomic E-state index is 0.110. The normalized spacial score (nSPS) is 24.0. The lowest BCUT2D eigenvalue weighted by molar-refractivity contribution is -0.00546. The number of hydrogen-bond donors (Lipinski definition) is 3. The van der Waals surface area contributed by atoms with Crippen molar-refractivity contribution in [1.29, 1.82) is 0 Å². The molecule has 3 N–H and O–H groups in total. The van der Waals surface area contributed by atoms with Gasteiger partial charge in [-0.05, 0) is 32.8 Å². The Morgan fingerprint density at radius 1 is 1.28 bits per heavy atom. The third kappa shape index (κ3) is 3.51. The monoisotopic (exact) mass is 397 g/mol. The third-order valence-electron chi connectivity index (χ3n) is 5.11. The summed E-state index contributed by atoms with van der Waals surface area (Å²) in [6.45, 7) is 5.60. The van der Waals surface area contributed by atoms with Crippen molar-refractivity contribution in [2.24, 2.45) is 4.99 Å². The lowest BCUT2D eigenvalue weighted by Crippen LogP contribution is -2.46. The standard InChI is InChI=1S/C19H23N7O3/c1-10-8-25(9-11(2)29-10)15-6-16(21-13-3-4-13)26-17(23-15)12(7-20-26)5-14-18(27)24-19(28)22-14/h5-7,10-11,13,27H,3-4,8-9H2,1-2H3,(H2,22,24,28)/t10-,11+. The smallest absolute Gasteiger partial charge is 0.326 e. The molecule has 0 amide bonds. The summed E-state index contributed by atoms with van der Waals surface area (Å²) in [5, 5.41) is 15.0. The molecule has 2 fully saturated rings. The molecule has 2 aliphatic rings. The molecule has 0 bridgehead atoms. The Bertz CT molecular complexity index is 1230. The van der Waals surface area contributed by atoms with Gasteiger partial charge in [-0.25, -0.2) is 9.78 Å². The molecule has 10 heteroatoms. The maximum absolute atomic E-state index is 11.4. The van der Waals surface area contributed by atoms with Gasteiger partial charge in [-0.15, -0.1) is 0 Å². The molecule has 0 spiro atoms. The highest BCUT2D eigenvalue weighted by Crippen LogP contribution is 2.23. The van der Waals surface area contributed by atoms with Crippen LogP contribution < -0.4 is 21.3 Å². The first kappa shape index (κ1) is 17.9.